The molecule has 1 aromatic carbocycles. The molecule has 3 N–H and O–H groups in total. The van der Waals surface area contributed by atoms with E-state index in [1.807, 2.05) is 6.92 Å². The molecule has 1 amide bonds. The van der Waals surface area contributed by atoms with Crippen LogP contribution in [0.25, 0.3) is 0 Å². The van der Waals surface area contributed by atoms with E-state index in [-0.39, 0.29) is 17.2 Å². The third-order valence-electron chi connectivity index (χ3n) is 2.39. The second-order valence-corrected chi connectivity index (χ2v) is 4.12. The Morgan fingerprint density at radius 3 is 2.72 bits per heavy atom. The largest absolute Gasteiger partial charge is 0.396 e. The Bertz CT molecular complexity index is 438. The van der Waals surface area contributed by atoms with E-state index in [0.717, 1.165) is 6.07 Å². The van der Waals surface area contributed by atoms with Crippen molar-refractivity contribution in [1.29, 1.82) is 0 Å². The third kappa shape index (κ3) is 3.66. The fourth-order valence-electron chi connectivity index (χ4n) is 1.45. The first kappa shape index (κ1) is 14.4. The molecule has 0 aliphatic heterocycles. The first-order valence-electron chi connectivity index (χ1n) is 5.47. The van der Waals surface area contributed by atoms with Crippen molar-refractivity contribution in [1.82, 2.24) is 5.32 Å². The lowest BCUT2D eigenvalue weighted by molar-refractivity contribution is 0.0930. The fourth-order valence-corrected chi connectivity index (χ4v) is 1.45. The summed E-state index contributed by atoms with van der Waals surface area (Å²) < 4.78 is 31.2. The van der Waals surface area contributed by atoms with Crippen LogP contribution in [0.5, 0.6) is 0 Å². The van der Waals surface area contributed by atoms with Gasteiger partial charge >= 0.3 is 0 Å². The van der Waals surface area contributed by atoms with Gasteiger partial charge < -0.3 is 15.8 Å². The van der Waals surface area contributed by atoms with Crippen molar-refractivity contribution in [2.75, 3.05) is 26.0 Å². The number of hydrogen-bond acceptors (Lipinski definition) is 3. The molecule has 0 aromatic heterocycles. The van der Waals surface area contributed by atoms with Gasteiger partial charge in [0.05, 0.1) is 17.9 Å². The van der Waals surface area contributed by atoms with Gasteiger partial charge in [0.25, 0.3) is 5.91 Å². The summed E-state index contributed by atoms with van der Waals surface area (Å²) in [6.07, 6.45) is 0. The number of halogens is 2. The summed E-state index contributed by atoms with van der Waals surface area (Å²) in [5.74, 6) is -2.34. The van der Waals surface area contributed by atoms with E-state index in [0.29, 0.717) is 19.2 Å². The summed E-state index contributed by atoms with van der Waals surface area (Å²) >= 11 is 0. The van der Waals surface area contributed by atoms with Crippen LogP contribution in [0.15, 0.2) is 12.1 Å². The number of ether oxygens (including phenoxy) is 1. The summed E-state index contributed by atoms with van der Waals surface area (Å²) in [6, 6.07) is 1.59. The molecule has 4 nitrogen and oxygen atoms in total. The predicted octanol–water partition coefficient (Wildman–Crippen LogP) is 1.56. The molecule has 0 radical (unpaired) electrons. The summed E-state index contributed by atoms with van der Waals surface area (Å²) in [7, 11) is 1.55. The average Bonchev–Trinajstić information content (AvgIpc) is 2.31. The molecule has 1 atom stereocenters. The normalized spacial score (nSPS) is 12.2. The Morgan fingerprint density at radius 2 is 2.11 bits per heavy atom. The van der Waals surface area contributed by atoms with Gasteiger partial charge in [-0.05, 0) is 12.0 Å². The number of nitrogen functional groups attached to an aromatic ring is 1. The number of amides is 1. The number of carbonyl (C=O) groups excluding carboxylic acids is 1. The van der Waals surface area contributed by atoms with Gasteiger partial charge in [0, 0.05) is 19.7 Å². The van der Waals surface area contributed by atoms with Gasteiger partial charge in [0.2, 0.25) is 0 Å². The van der Waals surface area contributed by atoms with Crippen molar-refractivity contribution in [3.63, 3.8) is 0 Å². The van der Waals surface area contributed by atoms with Gasteiger partial charge in [-0.1, -0.05) is 6.92 Å². The molecule has 0 heterocycles. The predicted molar refractivity (Wildman–Crippen MR) is 64.1 cm³/mol. The van der Waals surface area contributed by atoms with E-state index >= 15 is 0 Å². The monoisotopic (exact) mass is 258 g/mol. The molecule has 1 rings (SSSR count). The molecule has 0 bridgehead atoms. The summed E-state index contributed by atoms with van der Waals surface area (Å²) in [6.45, 7) is 2.69. The summed E-state index contributed by atoms with van der Waals surface area (Å²) in [5.41, 5.74) is 4.77. The van der Waals surface area contributed by atoms with Crippen LogP contribution in [0, 0.1) is 17.6 Å². The van der Waals surface area contributed by atoms with Crippen molar-refractivity contribution in [3.8, 4) is 0 Å². The lowest BCUT2D eigenvalue weighted by atomic mass is 10.1. The molecule has 0 spiro atoms. The molecule has 0 aliphatic carbocycles. The van der Waals surface area contributed by atoms with Crippen LogP contribution >= 0.6 is 0 Å². The minimum absolute atomic E-state index is 0.0970. The Morgan fingerprint density at radius 1 is 1.44 bits per heavy atom. The zero-order valence-electron chi connectivity index (χ0n) is 10.3. The quantitative estimate of drug-likeness (QED) is 0.788. The Kier molecular flexibility index (Phi) is 5.03. The Labute approximate surface area is 104 Å². The molecule has 100 valence electrons. The highest BCUT2D eigenvalue weighted by atomic mass is 19.1. The lowest BCUT2D eigenvalue weighted by Gasteiger charge is -2.12. The number of benzene rings is 1. The van der Waals surface area contributed by atoms with Crippen LogP contribution in [-0.4, -0.2) is 26.2 Å². The molecule has 1 aromatic rings. The van der Waals surface area contributed by atoms with E-state index in [1.165, 1.54) is 0 Å². The van der Waals surface area contributed by atoms with Crippen molar-refractivity contribution in [3.05, 3.63) is 29.3 Å². The minimum atomic E-state index is -0.932. The van der Waals surface area contributed by atoms with Crippen LogP contribution in [-0.2, 0) is 4.74 Å². The van der Waals surface area contributed by atoms with Gasteiger partial charge in [0.15, 0.2) is 0 Å². The minimum Gasteiger partial charge on any atom is -0.396 e. The maximum Gasteiger partial charge on any atom is 0.254 e. The third-order valence-corrected chi connectivity index (χ3v) is 2.39. The van der Waals surface area contributed by atoms with E-state index in [9.17, 15) is 13.6 Å². The highest BCUT2D eigenvalue weighted by Gasteiger charge is 2.15. The van der Waals surface area contributed by atoms with Crippen LogP contribution in [0.4, 0.5) is 14.5 Å². The van der Waals surface area contributed by atoms with Crippen molar-refractivity contribution < 1.29 is 18.3 Å². The molecule has 0 fully saturated rings. The number of hydrogen-bond donors (Lipinski definition) is 2. The zero-order chi connectivity index (χ0) is 13.7. The topological polar surface area (TPSA) is 64.3 Å². The number of rotatable bonds is 5. The summed E-state index contributed by atoms with van der Waals surface area (Å²) in [4.78, 5) is 11.7. The van der Waals surface area contributed by atoms with Gasteiger partial charge in [-0.2, -0.15) is 0 Å². The van der Waals surface area contributed by atoms with Gasteiger partial charge in [-0.15, -0.1) is 0 Å². The molecular weight excluding hydrogens is 242 g/mol. The standard InChI is InChI=1S/C12H16F2N2O2/c1-7(6-18-2)5-16-12(17)8-3-11(15)10(14)4-9(8)13/h3-4,7H,5-6,15H2,1-2H3,(H,16,17). The van der Waals surface area contributed by atoms with Gasteiger partial charge in [-0.3, -0.25) is 4.79 Å². The maximum atomic E-state index is 13.4. The Hall–Kier alpha value is -1.69. The van der Waals surface area contributed by atoms with E-state index in [1.54, 1.807) is 7.11 Å². The van der Waals surface area contributed by atoms with E-state index in [2.05, 4.69) is 5.32 Å². The smallest absolute Gasteiger partial charge is 0.254 e. The number of methoxy groups -OCH3 is 1. The Balaban J connectivity index is 2.70. The van der Waals surface area contributed by atoms with Crippen LogP contribution < -0.4 is 11.1 Å². The molecule has 0 saturated carbocycles. The number of nitrogens with one attached hydrogen (secondary N) is 1. The molecule has 0 aliphatic rings. The highest BCUT2D eigenvalue weighted by Crippen LogP contribution is 2.16. The zero-order valence-corrected chi connectivity index (χ0v) is 10.3. The molecular formula is C12H16F2N2O2. The SMILES string of the molecule is COCC(C)CNC(=O)c1cc(N)c(F)cc1F. The second-order valence-electron chi connectivity index (χ2n) is 4.12. The average molecular weight is 258 g/mol. The van der Waals surface area contributed by atoms with Crippen LogP contribution in [0.3, 0.4) is 0 Å². The summed E-state index contributed by atoms with van der Waals surface area (Å²) in [5, 5.41) is 2.53. The van der Waals surface area contributed by atoms with E-state index in [4.69, 9.17) is 10.5 Å². The number of anilines is 1. The first-order valence-corrected chi connectivity index (χ1v) is 5.47. The van der Waals surface area contributed by atoms with Crippen molar-refractivity contribution in [2.45, 2.75) is 6.92 Å². The first-order chi connectivity index (χ1) is 8.45. The van der Waals surface area contributed by atoms with Crippen molar-refractivity contribution in [2.24, 2.45) is 5.92 Å². The van der Waals surface area contributed by atoms with Crippen LogP contribution in [0.2, 0.25) is 0 Å². The lowest BCUT2D eigenvalue weighted by Crippen LogP contribution is -2.30. The molecule has 0 saturated heterocycles. The molecule has 18 heavy (non-hydrogen) atoms. The number of nitrogens with two attached hydrogens (primary N) is 1. The number of carbonyl (C=O) groups is 1. The molecule has 1 unspecified atom stereocenters. The van der Waals surface area contributed by atoms with Crippen LogP contribution in [0.1, 0.15) is 17.3 Å². The fraction of sp³-hybridized carbons (Fsp3) is 0.417. The highest BCUT2D eigenvalue weighted by molar-refractivity contribution is 5.95. The second kappa shape index (κ2) is 6.30. The molecule has 6 heteroatoms. The van der Waals surface area contributed by atoms with Gasteiger partial charge in [0.1, 0.15) is 11.6 Å². The van der Waals surface area contributed by atoms with Crippen molar-refractivity contribution >= 4 is 11.6 Å². The van der Waals surface area contributed by atoms with Gasteiger partial charge in [-0.25, -0.2) is 8.78 Å². The van der Waals surface area contributed by atoms with E-state index < -0.39 is 17.5 Å². The maximum absolute atomic E-state index is 13.4.